The van der Waals surface area contributed by atoms with Crippen LogP contribution < -0.4 is 16.0 Å². The van der Waals surface area contributed by atoms with E-state index in [-0.39, 0.29) is 0 Å². The molecule has 3 rings (SSSR count). The lowest BCUT2D eigenvalue weighted by Gasteiger charge is -2.45. The summed E-state index contributed by atoms with van der Waals surface area (Å²) in [6.07, 6.45) is -1.19. The molecular formula is C18H33N5O6. The molecule has 1 atom stereocenters. The normalized spacial score (nSPS) is 28.4. The number of nitrogens with zero attached hydrogens (tertiary/aromatic N) is 2. The molecule has 166 valence electrons. The first kappa shape index (κ1) is 23.5. The van der Waals surface area contributed by atoms with Crippen molar-refractivity contribution in [2.45, 2.75) is 32.9 Å². The predicted octanol–water partition coefficient (Wildman–Crippen LogP) is -1.94. The Kier molecular flexibility index (Phi) is 9.24. The lowest BCUT2D eigenvalue weighted by molar-refractivity contribution is -0.329. The minimum atomic E-state index is -1.92. The minimum absolute atomic E-state index is 0.404. The molecule has 3 aliphatic heterocycles. The first-order valence-electron chi connectivity index (χ1n) is 10.0. The molecule has 3 aliphatic rings. The van der Waals surface area contributed by atoms with E-state index >= 15 is 0 Å². The van der Waals surface area contributed by atoms with Gasteiger partial charge in [0.25, 0.3) is 0 Å². The van der Waals surface area contributed by atoms with Gasteiger partial charge in [-0.3, -0.25) is 24.6 Å². The third-order valence-corrected chi connectivity index (χ3v) is 4.72. The van der Waals surface area contributed by atoms with E-state index < -0.39 is 30.0 Å². The fourth-order valence-electron chi connectivity index (χ4n) is 3.51. The van der Waals surface area contributed by atoms with Gasteiger partial charge in [0.15, 0.2) is 0 Å². The van der Waals surface area contributed by atoms with Gasteiger partial charge in [-0.25, -0.2) is 4.90 Å². The summed E-state index contributed by atoms with van der Waals surface area (Å²) in [5, 5.41) is 9.86. The van der Waals surface area contributed by atoms with E-state index in [9.17, 15) is 14.4 Å². The van der Waals surface area contributed by atoms with Crippen molar-refractivity contribution >= 4 is 17.9 Å². The van der Waals surface area contributed by atoms with Gasteiger partial charge in [-0.2, -0.15) is 0 Å². The molecule has 11 heteroatoms. The van der Waals surface area contributed by atoms with E-state index in [0.29, 0.717) is 39.3 Å². The fraction of sp³-hybridized carbons (Fsp3) is 0.833. The highest BCUT2D eigenvalue weighted by Gasteiger charge is 2.53. The van der Waals surface area contributed by atoms with Gasteiger partial charge in [0.2, 0.25) is 6.23 Å². The van der Waals surface area contributed by atoms with E-state index in [2.05, 4.69) is 20.9 Å². The van der Waals surface area contributed by atoms with E-state index in [1.807, 2.05) is 0 Å². The zero-order valence-electron chi connectivity index (χ0n) is 17.5. The summed E-state index contributed by atoms with van der Waals surface area (Å²) in [5.41, 5.74) is 0. The molecule has 3 fully saturated rings. The molecular weight excluding hydrogens is 382 g/mol. The van der Waals surface area contributed by atoms with Crippen LogP contribution in [0.25, 0.3) is 0 Å². The number of carbonyl (C=O) groups is 3. The molecule has 2 bridgehead atoms. The predicted molar refractivity (Wildman–Crippen MR) is 104 cm³/mol. The van der Waals surface area contributed by atoms with Gasteiger partial charge < -0.3 is 24.8 Å². The molecule has 3 N–H and O–H groups in total. The maximum absolute atomic E-state index is 12.0. The average molecular weight is 415 g/mol. The van der Waals surface area contributed by atoms with Gasteiger partial charge in [-0.05, 0) is 0 Å². The molecule has 0 aromatic carbocycles. The van der Waals surface area contributed by atoms with E-state index in [0.717, 1.165) is 26.2 Å². The lowest BCUT2D eigenvalue weighted by Crippen LogP contribution is -2.69. The highest BCUT2D eigenvalue weighted by molar-refractivity contribution is 5.69. The summed E-state index contributed by atoms with van der Waals surface area (Å²) < 4.78 is 16.7. The van der Waals surface area contributed by atoms with Crippen LogP contribution in [0.15, 0.2) is 0 Å². The average Bonchev–Trinajstić information content (AvgIpc) is 2.59. The standard InChI is InChI=1S/C18H33N5O6/c1-14(24)27-17-18(28-15(2)25,29-16(3)26)23-12-6-19-4-9-22(11-8-21-17)10-5-20-7-13-23/h17,19-21H,4-13H2,1-3H3. The maximum Gasteiger partial charge on any atom is 0.373 e. The highest BCUT2D eigenvalue weighted by Crippen LogP contribution is 2.26. The van der Waals surface area contributed by atoms with E-state index in [1.165, 1.54) is 20.8 Å². The second kappa shape index (κ2) is 11.4. The van der Waals surface area contributed by atoms with Crippen LogP contribution in [0.1, 0.15) is 20.8 Å². The van der Waals surface area contributed by atoms with Gasteiger partial charge in [0.05, 0.1) is 0 Å². The number of nitrogens with one attached hydrogen (secondary N) is 3. The van der Waals surface area contributed by atoms with Crippen LogP contribution in [-0.4, -0.2) is 105 Å². The van der Waals surface area contributed by atoms with E-state index in [4.69, 9.17) is 14.2 Å². The molecule has 0 aromatic heterocycles. The van der Waals surface area contributed by atoms with Crippen LogP contribution >= 0.6 is 0 Å². The largest absolute Gasteiger partial charge is 0.436 e. The van der Waals surface area contributed by atoms with Crippen LogP contribution in [0.3, 0.4) is 0 Å². The Morgan fingerprint density at radius 1 is 0.759 bits per heavy atom. The molecule has 3 heterocycles. The number of carbonyl (C=O) groups excluding carboxylic acids is 3. The first-order valence-corrected chi connectivity index (χ1v) is 10.0. The summed E-state index contributed by atoms with van der Waals surface area (Å²) in [5.74, 6) is -3.82. The Balaban J connectivity index is 2.50. The summed E-state index contributed by atoms with van der Waals surface area (Å²) in [7, 11) is 0. The molecule has 0 aromatic rings. The molecule has 3 saturated heterocycles. The highest BCUT2D eigenvalue weighted by atomic mass is 16.8. The Morgan fingerprint density at radius 3 is 1.72 bits per heavy atom. The third-order valence-electron chi connectivity index (χ3n) is 4.72. The summed E-state index contributed by atoms with van der Waals surface area (Å²) in [6.45, 7) is 10.1. The van der Waals surface area contributed by atoms with Crippen LogP contribution in [0.4, 0.5) is 0 Å². The first-order chi connectivity index (χ1) is 13.8. The molecule has 29 heavy (non-hydrogen) atoms. The third kappa shape index (κ3) is 7.19. The maximum atomic E-state index is 12.0. The molecule has 0 spiro atoms. The smallest absolute Gasteiger partial charge is 0.373 e. The number of esters is 3. The van der Waals surface area contributed by atoms with Crippen molar-refractivity contribution in [1.29, 1.82) is 0 Å². The van der Waals surface area contributed by atoms with Crippen molar-refractivity contribution in [2.24, 2.45) is 0 Å². The molecule has 11 nitrogen and oxygen atoms in total. The van der Waals surface area contributed by atoms with Crippen molar-refractivity contribution in [1.82, 2.24) is 25.8 Å². The van der Waals surface area contributed by atoms with Crippen molar-refractivity contribution in [3.63, 3.8) is 0 Å². The van der Waals surface area contributed by atoms with Crippen LogP contribution in [0.2, 0.25) is 0 Å². The molecule has 0 aliphatic carbocycles. The molecule has 0 amide bonds. The molecule has 0 saturated carbocycles. The summed E-state index contributed by atoms with van der Waals surface area (Å²) in [6, 6.07) is 0. The van der Waals surface area contributed by atoms with Crippen LogP contribution in [0, 0.1) is 0 Å². The monoisotopic (exact) mass is 415 g/mol. The van der Waals surface area contributed by atoms with Gasteiger partial charge in [-0.15, -0.1) is 0 Å². The van der Waals surface area contributed by atoms with Crippen molar-refractivity contribution in [3.05, 3.63) is 0 Å². The number of fused-ring (bicyclic) bond motifs is 12. The zero-order chi connectivity index (χ0) is 21.3. The van der Waals surface area contributed by atoms with Gasteiger partial charge in [0.1, 0.15) is 0 Å². The second-order valence-electron chi connectivity index (χ2n) is 7.09. The van der Waals surface area contributed by atoms with Gasteiger partial charge in [-0.1, -0.05) is 0 Å². The number of ether oxygens (including phenoxy) is 3. The Hall–Kier alpha value is -1.79. The Morgan fingerprint density at radius 2 is 1.24 bits per heavy atom. The Labute approximate surface area is 171 Å². The summed E-state index contributed by atoms with van der Waals surface area (Å²) in [4.78, 5) is 39.9. The van der Waals surface area contributed by atoms with Gasteiger partial charge in [0, 0.05) is 86.2 Å². The quantitative estimate of drug-likeness (QED) is 0.352. The molecule has 1 unspecified atom stereocenters. The summed E-state index contributed by atoms with van der Waals surface area (Å²) >= 11 is 0. The zero-order valence-corrected chi connectivity index (χ0v) is 17.5. The van der Waals surface area contributed by atoms with Crippen molar-refractivity contribution < 1.29 is 28.6 Å². The van der Waals surface area contributed by atoms with E-state index in [1.54, 1.807) is 4.90 Å². The lowest BCUT2D eigenvalue weighted by atomic mass is 10.2. The van der Waals surface area contributed by atoms with Crippen molar-refractivity contribution in [2.75, 3.05) is 65.4 Å². The SMILES string of the molecule is CC(=O)OC1NCCN2CCNCCN(CCNCC2)C1(OC(C)=O)OC(C)=O. The topological polar surface area (TPSA) is 121 Å². The Bertz CT molecular complexity index is 545. The minimum Gasteiger partial charge on any atom is -0.436 e. The van der Waals surface area contributed by atoms with Crippen LogP contribution in [-0.2, 0) is 28.6 Å². The van der Waals surface area contributed by atoms with Crippen molar-refractivity contribution in [3.8, 4) is 0 Å². The number of hydrogen-bond acceptors (Lipinski definition) is 11. The fourth-order valence-corrected chi connectivity index (χ4v) is 3.51. The molecule has 0 radical (unpaired) electrons. The number of rotatable bonds is 3. The van der Waals surface area contributed by atoms with Crippen LogP contribution in [0.5, 0.6) is 0 Å². The van der Waals surface area contributed by atoms with Gasteiger partial charge >= 0.3 is 23.8 Å². The second-order valence-corrected chi connectivity index (χ2v) is 7.09. The number of hydrogen-bond donors (Lipinski definition) is 3.